The second-order valence-corrected chi connectivity index (χ2v) is 4.71. The van der Waals surface area contributed by atoms with Crippen molar-refractivity contribution in [3.05, 3.63) is 29.8 Å². The summed E-state index contributed by atoms with van der Waals surface area (Å²) in [7, 11) is 0. The molecule has 0 aromatic heterocycles. The third-order valence-electron chi connectivity index (χ3n) is 2.94. The summed E-state index contributed by atoms with van der Waals surface area (Å²) in [6.07, 6.45) is 0.499. The lowest BCUT2D eigenvalue weighted by molar-refractivity contribution is 0.0701. The molecule has 3 heteroatoms. The number of ether oxygens (including phenoxy) is 1. The van der Waals surface area contributed by atoms with Crippen LogP contribution in [-0.4, -0.2) is 17.8 Å². The summed E-state index contributed by atoms with van der Waals surface area (Å²) in [6.45, 7) is 6.33. The molecular formula is C14H23NO2. The highest BCUT2D eigenvalue weighted by atomic mass is 16.5. The molecule has 0 amide bonds. The quantitative estimate of drug-likeness (QED) is 0.799. The van der Waals surface area contributed by atoms with Crippen LogP contribution in [0.4, 0.5) is 0 Å². The molecule has 0 bridgehead atoms. The van der Waals surface area contributed by atoms with Crippen LogP contribution in [0.15, 0.2) is 24.3 Å². The molecule has 0 heterocycles. The predicted octanol–water partition coefficient (Wildman–Crippen LogP) is 2.49. The normalized spacial score (nSPS) is 14.7. The first-order chi connectivity index (χ1) is 8.04. The number of aliphatic hydroxyl groups excluding tert-OH is 1. The lowest BCUT2D eigenvalue weighted by Gasteiger charge is -2.16. The van der Waals surface area contributed by atoms with Crippen LogP contribution in [0.1, 0.15) is 38.8 Å². The van der Waals surface area contributed by atoms with Crippen molar-refractivity contribution in [2.45, 2.75) is 39.3 Å². The van der Waals surface area contributed by atoms with Crippen LogP contribution in [-0.2, 0) is 0 Å². The number of benzene rings is 1. The van der Waals surface area contributed by atoms with Gasteiger partial charge in [0.2, 0.25) is 0 Å². The summed E-state index contributed by atoms with van der Waals surface area (Å²) in [5.41, 5.74) is 7.04. The number of hydrogen-bond donors (Lipinski definition) is 2. The van der Waals surface area contributed by atoms with Gasteiger partial charge in [-0.1, -0.05) is 32.9 Å². The van der Waals surface area contributed by atoms with Crippen LogP contribution in [0.2, 0.25) is 0 Å². The Morgan fingerprint density at radius 1 is 1.24 bits per heavy atom. The summed E-state index contributed by atoms with van der Waals surface area (Å²) >= 11 is 0. The first-order valence-corrected chi connectivity index (χ1v) is 6.21. The van der Waals surface area contributed by atoms with Gasteiger partial charge in [0.1, 0.15) is 12.4 Å². The van der Waals surface area contributed by atoms with E-state index in [0.29, 0.717) is 6.61 Å². The first-order valence-electron chi connectivity index (χ1n) is 6.21. The predicted molar refractivity (Wildman–Crippen MR) is 70.0 cm³/mol. The highest BCUT2D eigenvalue weighted by Crippen LogP contribution is 2.18. The molecule has 0 radical (unpaired) electrons. The Hall–Kier alpha value is -1.06. The maximum atomic E-state index is 9.62. The van der Waals surface area contributed by atoms with Gasteiger partial charge in [0, 0.05) is 6.04 Å². The highest BCUT2D eigenvalue weighted by molar-refractivity contribution is 5.28. The fraction of sp³-hybridized carbons (Fsp3) is 0.571. The van der Waals surface area contributed by atoms with Gasteiger partial charge in [-0.3, -0.25) is 0 Å². The molecule has 0 saturated carbocycles. The van der Waals surface area contributed by atoms with E-state index in [0.717, 1.165) is 17.7 Å². The van der Waals surface area contributed by atoms with Crippen molar-refractivity contribution in [1.82, 2.24) is 0 Å². The average Bonchev–Trinajstić information content (AvgIpc) is 2.35. The minimum atomic E-state index is -0.424. The van der Waals surface area contributed by atoms with Gasteiger partial charge < -0.3 is 15.6 Å². The van der Waals surface area contributed by atoms with Crippen LogP contribution in [0, 0.1) is 5.92 Å². The number of aliphatic hydroxyl groups is 1. The minimum Gasteiger partial charge on any atom is -0.491 e. The monoisotopic (exact) mass is 237 g/mol. The third kappa shape index (κ3) is 4.36. The van der Waals surface area contributed by atoms with Crippen LogP contribution >= 0.6 is 0 Å². The molecule has 1 aromatic carbocycles. The van der Waals surface area contributed by atoms with E-state index in [1.165, 1.54) is 0 Å². The Morgan fingerprint density at radius 2 is 1.82 bits per heavy atom. The SMILES string of the molecule is CCC(N)c1ccc(OCC(O)C(C)C)cc1. The molecule has 0 fully saturated rings. The molecule has 2 atom stereocenters. The molecule has 3 nitrogen and oxygen atoms in total. The maximum Gasteiger partial charge on any atom is 0.119 e. The third-order valence-corrected chi connectivity index (χ3v) is 2.94. The zero-order valence-corrected chi connectivity index (χ0v) is 10.9. The van der Waals surface area contributed by atoms with Crippen LogP contribution in [0.5, 0.6) is 5.75 Å². The van der Waals surface area contributed by atoms with Crippen molar-refractivity contribution in [2.24, 2.45) is 11.7 Å². The number of hydrogen-bond acceptors (Lipinski definition) is 3. The fourth-order valence-corrected chi connectivity index (χ4v) is 1.42. The molecule has 17 heavy (non-hydrogen) atoms. The molecule has 0 spiro atoms. The van der Waals surface area contributed by atoms with Gasteiger partial charge in [-0.2, -0.15) is 0 Å². The van der Waals surface area contributed by atoms with Crippen molar-refractivity contribution in [1.29, 1.82) is 0 Å². The van der Waals surface area contributed by atoms with Crippen LogP contribution < -0.4 is 10.5 Å². The van der Waals surface area contributed by atoms with Gasteiger partial charge in [0.15, 0.2) is 0 Å². The summed E-state index contributed by atoms with van der Waals surface area (Å²) < 4.78 is 5.51. The lowest BCUT2D eigenvalue weighted by atomic mass is 10.1. The Labute approximate surface area is 104 Å². The number of rotatable bonds is 6. The molecule has 0 aliphatic rings. The van der Waals surface area contributed by atoms with E-state index in [-0.39, 0.29) is 12.0 Å². The second kappa shape index (κ2) is 6.62. The molecule has 1 rings (SSSR count). The Bertz CT molecular complexity index is 321. The molecule has 0 saturated heterocycles. The van der Waals surface area contributed by atoms with Crippen LogP contribution in [0.25, 0.3) is 0 Å². The van der Waals surface area contributed by atoms with Gasteiger partial charge in [-0.05, 0) is 30.0 Å². The smallest absolute Gasteiger partial charge is 0.119 e. The molecule has 3 N–H and O–H groups in total. The summed E-state index contributed by atoms with van der Waals surface area (Å²) in [5, 5.41) is 9.62. The lowest BCUT2D eigenvalue weighted by Crippen LogP contribution is -2.23. The van der Waals surface area contributed by atoms with Crippen molar-refractivity contribution in [2.75, 3.05) is 6.61 Å². The molecule has 96 valence electrons. The fourth-order valence-electron chi connectivity index (χ4n) is 1.42. The Kier molecular flexibility index (Phi) is 5.45. The highest BCUT2D eigenvalue weighted by Gasteiger charge is 2.10. The standard InChI is InChI=1S/C14H23NO2/c1-4-13(15)11-5-7-12(8-6-11)17-9-14(16)10(2)3/h5-8,10,13-14,16H,4,9,15H2,1-3H3. The Morgan fingerprint density at radius 3 is 2.29 bits per heavy atom. The van der Waals surface area contributed by atoms with Crippen molar-refractivity contribution in [3.63, 3.8) is 0 Å². The van der Waals surface area contributed by atoms with Gasteiger partial charge in [-0.15, -0.1) is 0 Å². The average molecular weight is 237 g/mol. The second-order valence-electron chi connectivity index (χ2n) is 4.71. The van der Waals surface area contributed by atoms with E-state index in [9.17, 15) is 5.11 Å². The topological polar surface area (TPSA) is 55.5 Å². The summed E-state index contributed by atoms with van der Waals surface area (Å²) in [4.78, 5) is 0. The van der Waals surface area contributed by atoms with E-state index >= 15 is 0 Å². The summed E-state index contributed by atoms with van der Waals surface area (Å²) in [6, 6.07) is 7.84. The molecule has 1 aromatic rings. The van der Waals surface area contributed by atoms with Crippen molar-refractivity contribution >= 4 is 0 Å². The van der Waals surface area contributed by atoms with Gasteiger partial charge in [-0.25, -0.2) is 0 Å². The maximum absolute atomic E-state index is 9.62. The van der Waals surface area contributed by atoms with E-state index in [1.807, 2.05) is 38.1 Å². The largest absolute Gasteiger partial charge is 0.491 e. The molecule has 0 aliphatic heterocycles. The van der Waals surface area contributed by atoms with Gasteiger partial charge in [0.05, 0.1) is 6.10 Å². The molecule has 0 aliphatic carbocycles. The minimum absolute atomic E-state index is 0.0882. The zero-order chi connectivity index (χ0) is 12.8. The Balaban J connectivity index is 2.51. The van der Waals surface area contributed by atoms with Crippen molar-refractivity contribution < 1.29 is 9.84 Å². The van der Waals surface area contributed by atoms with Crippen molar-refractivity contribution in [3.8, 4) is 5.75 Å². The van der Waals surface area contributed by atoms with E-state index < -0.39 is 6.10 Å². The molecule has 2 unspecified atom stereocenters. The van der Waals surface area contributed by atoms with Gasteiger partial charge in [0.25, 0.3) is 0 Å². The zero-order valence-electron chi connectivity index (χ0n) is 10.9. The van der Waals surface area contributed by atoms with E-state index in [4.69, 9.17) is 10.5 Å². The van der Waals surface area contributed by atoms with E-state index in [1.54, 1.807) is 0 Å². The molecular weight excluding hydrogens is 214 g/mol. The summed E-state index contributed by atoms with van der Waals surface area (Å²) in [5.74, 6) is 0.986. The van der Waals surface area contributed by atoms with Crippen LogP contribution in [0.3, 0.4) is 0 Å². The van der Waals surface area contributed by atoms with E-state index in [2.05, 4.69) is 6.92 Å². The van der Waals surface area contributed by atoms with Gasteiger partial charge >= 0.3 is 0 Å². The number of nitrogens with two attached hydrogens (primary N) is 1. The first kappa shape index (κ1) is 14.0.